The van der Waals surface area contributed by atoms with E-state index in [0.717, 1.165) is 32.3 Å². The summed E-state index contributed by atoms with van der Waals surface area (Å²) in [6.07, 6.45) is 0. The average Bonchev–Trinajstić information content (AvgIpc) is 2.79. The van der Waals surface area contributed by atoms with E-state index in [1.54, 1.807) is 6.07 Å². The van der Waals surface area contributed by atoms with E-state index in [2.05, 4.69) is 5.32 Å². The van der Waals surface area contributed by atoms with Gasteiger partial charge in [-0.3, -0.25) is 4.79 Å². The largest absolute Gasteiger partial charge is 0.480 e. The van der Waals surface area contributed by atoms with Gasteiger partial charge in [-0.1, -0.05) is 41.9 Å². The van der Waals surface area contributed by atoms with Crippen LogP contribution in [0.15, 0.2) is 60.7 Å². The molecule has 0 fully saturated rings. The molecule has 0 aromatic heterocycles. The number of likely N-dealkylation sites (N-methyl/N-ethyl adjacent to an activating group) is 1. The summed E-state index contributed by atoms with van der Waals surface area (Å²) < 4.78 is 14.8. The second-order valence-electron chi connectivity index (χ2n) is 8.08. The lowest BCUT2D eigenvalue weighted by Crippen LogP contribution is -2.40. The van der Waals surface area contributed by atoms with Crippen molar-refractivity contribution in [2.24, 2.45) is 0 Å². The van der Waals surface area contributed by atoms with Crippen LogP contribution in [0.3, 0.4) is 0 Å². The van der Waals surface area contributed by atoms with Gasteiger partial charge in [-0.15, -0.1) is 0 Å². The van der Waals surface area contributed by atoms with Crippen molar-refractivity contribution in [3.8, 4) is 11.1 Å². The van der Waals surface area contributed by atoms with Crippen LogP contribution < -0.4 is 5.32 Å². The fourth-order valence-electron chi connectivity index (χ4n) is 3.46. The molecular formula is C26H26ClFN2O3. The number of anilines is 1. The highest BCUT2D eigenvalue weighted by Crippen LogP contribution is 2.28. The van der Waals surface area contributed by atoms with Crippen LogP contribution in [0.4, 0.5) is 10.1 Å². The second-order valence-corrected chi connectivity index (χ2v) is 8.49. The Hall–Kier alpha value is -3.38. The highest BCUT2D eigenvalue weighted by atomic mass is 35.5. The lowest BCUT2D eigenvalue weighted by atomic mass is 10.0. The molecule has 0 radical (unpaired) electrons. The van der Waals surface area contributed by atoms with Crippen LogP contribution in [-0.4, -0.2) is 35.0 Å². The van der Waals surface area contributed by atoms with E-state index < -0.39 is 23.7 Å². The van der Waals surface area contributed by atoms with Crippen molar-refractivity contribution in [3.63, 3.8) is 0 Å². The molecule has 0 saturated carbocycles. The van der Waals surface area contributed by atoms with Gasteiger partial charge in [0.25, 0.3) is 5.91 Å². The number of hydrogen-bond donors (Lipinski definition) is 2. The number of rotatable bonds is 7. The molecule has 0 aliphatic rings. The van der Waals surface area contributed by atoms with Crippen LogP contribution >= 0.6 is 11.6 Å². The van der Waals surface area contributed by atoms with E-state index in [1.165, 1.54) is 26.1 Å². The molecule has 2 atom stereocenters. The number of carbonyl (C=O) groups is 2. The summed E-state index contributed by atoms with van der Waals surface area (Å²) >= 11 is 6.12. The highest BCUT2D eigenvalue weighted by molar-refractivity contribution is 6.31. The molecule has 0 heterocycles. The zero-order valence-corrected chi connectivity index (χ0v) is 19.7. The molecule has 33 heavy (non-hydrogen) atoms. The van der Waals surface area contributed by atoms with Crippen molar-refractivity contribution in [1.82, 2.24) is 4.90 Å². The maximum absolute atomic E-state index is 14.8. The number of nitrogens with zero attached hydrogens (tertiary/aromatic N) is 1. The fourth-order valence-corrected chi connectivity index (χ4v) is 3.58. The molecule has 172 valence electrons. The van der Waals surface area contributed by atoms with Gasteiger partial charge in [-0.05, 0) is 73.4 Å². The third-order valence-corrected chi connectivity index (χ3v) is 6.14. The van der Waals surface area contributed by atoms with Gasteiger partial charge in [0.2, 0.25) is 0 Å². The van der Waals surface area contributed by atoms with Gasteiger partial charge in [0.15, 0.2) is 0 Å². The Morgan fingerprint density at radius 1 is 1.03 bits per heavy atom. The Morgan fingerprint density at radius 2 is 1.73 bits per heavy atom. The van der Waals surface area contributed by atoms with Gasteiger partial charge in [0.1, 0.15) is 11.9 Å². The molecule has 7 heteroatoms. The standard InChI is InChI=1S/C26H26ClFN2O3/c1-15-12-18(9-11-23(15)27)16(2)29-21-7-5-6-19(13-21)20-8-10-22(24(28)14-20)25(31)30(4)17(3)26(32)33/h5-14,16-17,29H,1-4H3,(H,32,33)/t16?,17-/m0/s1. The first-order valence-corrected chi connectivity index (χ1v) is 10.9. The number of carboxylic acid groups (broad SMARTS) is 1. The first-order chi connectivity index (χ1) is 15.6. The van der Waals surface area contributed by atoms with E-state index in [0.29, 0.717) is 5.56 Å². The number of aryl methyl sites for hydroxylation is 1. The zero-order chi connectivity index (χ0) is 24.3. The first-order valence-electron chi connectivity index (χ1n) is 10.5. The van der Waals surface area contributed by atoms with Crippen molar-refractivity contribution in [2.45, 2.75) is 32.9 Å². The van der Waals surface area contributed by atoms with E-state index in [-0.39, 0.29) is 11.6 Å². The van der Waals surface area contributed by atoms with Crippen LogP contribution in [0.25, 0.3) is 11.1 Å². The maximum atomic E-state index is 14.8. The molecule has 0 bridgehead atoms. The lowest BCUT2D eigenvalue weighted by Gasteiger charge is -2.22. The number of aliphatic carboxylic acids is 1. The molecule has 0 aliphatic heterocycles. The molecule has 0 saturated heterocycles. The fraction of sp³-hybridized carbons (Fsp3) is 0.231. The van der Waals surface area contributed by atoms with Crippen LogP contribution in [-0.2, 0) is 4.79 Å². The minimum atomic E-state index is -1.16. The Bertz CT molecular complexity index is 1200. The van der Waals surface area contributed by atoms with Crippen molar-refractivity contribution in [3.05, 3.63) is 88.2 Å². The van der Waals surface area contributed by atoms with E-state index in [9.17, 15) is 14.0 Å². The third kappa shape index (κ3) is 5.52. The predicted molar refractivity (Wildman–Crippen MR) is 129 cm³/mol. The Balaban J connectivity index is 1.81. The summed E-state index contributed by atoms with van der Waals surface area (Å²) in [6, 6.07) is 16.8. The average molecular weight is 469 g/mol. The van der Waals surface area contributed by atoms with Crippen LogP contribution in [0.5, 0.6) is 0 Å². The highest BCUT2D eigenvalue weighted by Gasteiger charge is 2.25. The summed E-state index contributed by atoms with van der Waals surface area (Å²) in [5.74, 6) is -2.54. The minimum Gasteiger partial charge on any atom is -0.480 e. The van der Waals surface area contributed by atoms with Crippen LogP contribution in [0, 0.1) is 12.7 Å². The summed E-state index contributed by atoms with van der Waals surface area (Å²) in [5.41, 5.74) is 4.18. The number of hydrogen-bond acceptors (Lipinski definition) is 3. The molecule has 2 N–H and O–H groups in total. The SMILES string of the molecule is Cc1cc(C(C)Nc2cccc(-c3ccc(C(=O)N(C)[C@@H](C)C(=O)O)c(F)c3)c2)ccc1Cl. The molecule has 3 aromatic rings. The van der Waals surface area contributed by atoms with Gasteiger partial charge in [-0.25, -0.2) is 9.18 Å². The van der Waals surface area contributed by atoms with Crippen molar-refractivity contribution in [2.75, 3.05) is 12.4 Å². The molecule has 0 aliphatic carbocycles. The third-order valence-electron chi connectivity index (χ3n) is 5.72. The molecule has 0 spiro atoms. The summed E-state index contributed by atoms with van der Waals surface area (Å²) in [6.45, 7) is 5.38. The van der Waals surface area contributed by atoms with Crippen LogP contribution in [0.2, 0.25) is 5.02 Å². The minimum absolute atomic E-state index is 0.0275. The van der Waals surface area contributed by atoms with Crippen molar-refractivity contribution < 1.29 is 19.1 Å². The number of nitrogens with one attached hydrogen (secondary N) is 1. The molecule has 5 nitrogen and oxygen atoms in total. The van der Waals surface area contributed by atoms with Gasteiger partial charge in [0, 0.05) is 23.8 Å². The quantitative estimate of drug-likeness (QED) is 0.435. The van der Waals surface area contributed by atoms with E-state index >= 15 is 0 Å². The van der Waals surface area contributed by atoms with Crippen LogP contribution in [0.1, 0.15) is 41.4 Å². The summed E-state index contributed by atoms with van der Waals surface area (Å²) in [4.78, 5) is 24.7. The topological polar surface area (TPSA) is 69.6 Å². The second kappa shape index (κ2) is 10.0. The number of benzene rings is 3. The van der Waals surface area contributed by atoms with E-state index in [1.807, 2.05) is 56.3 Å². The Kier molecular flexibility index (Phi) is 7.39. The Morgan fingerprint density at radius 3 is 2.36 bits per heavy atom. The normalized spacial score (nSPS) is 12.7. The number of amides is 1. The number of halogens is 2. The predicted octanol–water partition coefficient (Wildman–Crippen LogP) is 6.17. The smallest absolute Gasteiger partial charge is 0.326 e. The molecule has 1 amide bonds. The number of carbonyl (C=O) groups excluding carboxylic acids is 1. The van der Waals surface area contributed by atoms with Gasteiger partial charge in [0.05, 0.1) is 5.56 Å². The molecule has 3 aromatic carbocycles. The lowest BCUT2D eigenvalue weighted by molar-refractivity contribution is -0.141. The van der Waals surface area contributed by atoms with Gasteiger partial charge < -0.3 is 15.3 Å². The monoisotopic (exact) mass is 468 g/mol. The van der Waals surface area contributed by atoms with Crippen molar-refractivity contribution in [1.29, 1.82) is 0 Å². The zero-order valence-electron chi connectivity index (χ0n) is 18.9. The summed E-state index contributed by atoms with van der Waals surface area (Å²) in [7, 11) is 1.34. The molecule has 3 rings (SSSR count). The van der Waals surface area contributed by atoms with Crippen molar-refractivity contribution >= 4 is 29.2 Å². The maximum Gasteiger partial charge on any atom is 0.326 e. The molecular weight excluding hydrogens is 443 g/mol. The number of carboxylic acids is 1. The van der Waals surface area contributed by atoms with Gasteiger partial charge in [-0.2, -0.15) is 0 Å². The van der Waals surface area contributed by atoms with E-state index in [4.69, 9.17) is 16.7 Å². The Labute approximate surface area is 197 Å². The summed E-state index contributed by atoms with van der Waals surface area (Å²) in [5, 5.41) is 13.3. The molecule has 1 unspecified atom stereocenters. The first kappa shape index (κ1) is 24.3. The van der Waals surface area contributed by atoms with Gasteiger partial charge >= 0.3 is 5.97 Å².